The molecule has 2 N–H and O–H groups in total. The Bertz CT molecular complexity index is 424. The number of urea groups is 1. The van der Waals surface area contributed by atoms with Gasteiger partial charge in [0, 0.05) is 25.6 Å². The Morgan fingerprint density at radius 1 is 1.33 bits per heavy atom. The Labute approximate surface area is 125 Å². The maximum absolute atomic E-state index is 12.0. The molecule has 118 valence electrons. The molecule has 1 aliphatic carbocycles. The van der Waals surface area contributed by atoms with Gasteiger partial charge in [-0.25, -0.2) is 4.79 Å². The van der Waals surface area contributed by atoms with E-state index in [4.69, 9.17) is 4.74 Å². The third-order valence-electron chi connectivity index (χ3n) is 5.00. The first-order valence-corrected chi connectivity index (χ1v) is 8.01. The van der Waals surface area contributed by atoms with Gasteiger partial charge in [0.2, 0.25) is 0 Å². The van der Waals surface area contributed by atoms with Crippen molar-refractivity contribution in [3.8, 4) is 0 Å². The molecule has 21 heavy (non-hydrogen) atoms. The highest BCUT2D eigenvalue weighted by atomic mass is 16.5. The fourth-order valence-electron chi connectivity index (χ4n) is 3.30. The van der Waals surface area contributed by atoms with E-state index in [0.717, 1.165) is 51.6 Å². The van der Waals surface area contributed by atoms with Crippen LogP contribution in [0.25, 0.3) is 0 Å². The molecule has 2 saturated heterocycles. The van der Waals surface area contributed by atoms with Gasteiger partial charge in [0.1, 0.15) is 5.54 Å². The molecule has 0 spiro atoms. The Morgan fingerprint density at radius 2 is 2.14 bits per heavy atom. The Balaban J connectivity index is 1.48. The van der Waals surface area contributed by atoms with Crippen molar-refractivity contribution in [2.24, 2.45) is 11.8 Å². The number of likely N-dealkylation sites (tertiary alicyclic amines) is 1. The molecular weight excluding hydrogens is 270 g/mol. The number of amides is 3. The summed E-state index contributed by atoms with van der Waals surface area (Å²) in [6, 6.07) is -0.368. The molecule has 3 rings (SSSR count). The zero-order valence-corrected chi connectivity index (χ0v) is 12.7. The minimum Gasteiger partial charge on any atom is -0.380 e. The number of imide groups is 1. The van der Waals surface area contributed by atoms with Crippen molar-refractivity contribution in [2.75, 3.05) is 32.8 Å². The van der Waals surface area contributed by atoms with Crippen molar-refractivity contribution in [1.82, 2.24) is 15.5 Å². The van der Waals surface area contributed by atoms with E-state index < -0.39 is 5.54 Å². The van der Waals surface area contributed by atoms with Crippen LogP contribution in [0.15, 0.2) is 0 Å². The molecule has 3 fully saturated rings. The molecular formula is C15H25N3O3. The normalized spacial score (nSPS) is 33.9. The predicted molar refractivity (Wildman–Crippen MR) is 77.8 cm³/mol. The van der Waals surface area contributed by atoms with Crippen LogP contribution >= 0.6 is 0 Å². The van der Waals surface area contributed by atoms with Crippen LogP contribution in [-0.2, 0) is 9.53 Å². The maximum atomic E-state index is 12.0. The largest absolute Gasteiger partial charge is 0.380 e. The molecule has 0 aromatic rings. The van der Waals surface area contributed by atoms with Crippen LogP contribution in [0.5, 0.6) is 0 Å². The van der Waals surface area contributed by atoms with Crippen LogP contribution < -0.4 is 10.6 Å². The number of carbonyl (C=O) groups excluding carboxylic acids is 2. The number of carbonyl (C=O) groups is 2. The van der Waals surface area contributed by atoms with Gasteiger partial charge < -0.3 is 15.0 Å². The van der Waals surface area contributed by atoms with Gasteiger partial charge in [-0.3, -0.25) is 10.1 Å². The van der Waals surface area contributed by atoms with Crippen molar-refractivity contribution >= 4 is 11.9 Å². The zero-order chi connectivity index (χ0) is 14.9. The topological polar surface area (TPSA) is 70.7 Å². The molecule has 0 unspecified atom stereocenters. The average molecular weight is 295 g/mol. The van der Waals surface area contributed by atoms with Gasteiger partial charge in [-0.15, -0.1) is 0 Å². The summed E-state index contributed by atoms with van der Waals surface area (Å²) >= 11 is 0. The lowest BCUT2D eigenvalue weighted by molar-refractivity contribution is -0.126. The van der Waals surface area contributed by atoms with Crippen LogP contribution in [-0.4, -0.2) is 55.2 Å². The fraction of sp³-hybridized carbons (Fsp3) is 0.867. The molecule has 0 radical (unpaired) electrons. The molecule has 0 aromatic heterocycles. The summed E-state index contributed by atoms with van der Waals surface area (Å²) in [4.78, 5) is 25.8. The molecule has 6 nitrogen and oxygen atoms in total. The van der Waals surface area contributed by atoms with E-state index in [2.05, 4.69) is 15.5 Å². The van der Waals surface area contributed by atoms with Crippen LogP contribution in [0.1, 0.15) is 32.6 Å². The summed E-state index contributed by atoms with van der Waals surface area (Å²) in [5, 5.41) is 5.16. The van der Waals surface area contributed by atoms with Gasteiger partial charge in [0.25, 0.3) is 5.91 Å². The Morgan fingerprint density at radius 3 is 2.81 bits per heavy atom. The van der Waals surface area contributed by atoms with Crippen LogP contribution in [0, 0.1) is 11.8 Å². The van der Waals surface area contributed by atoms with Gasteiger partial charge in [-0.05, 0) is 45.1 Å². The summed E-state index contributed by atoms with van der Waals surface area (Å²) in [5.74, 6) is 0.779. The smallest absolute Gasteiger partial charge is 0.322 e. The third-order valence-corrected chi connectivity index (χ3v) is 5.00. The minimum atomic E-state index is -0.759. The van der Waals surface area contributed by atoms with E-state index >= 15 is 0 Å². The predicted octanol–water partition coefficient (Wildman–Crippen LogP) is 0.723. The second-order valence-electron chi connectivity index (χ2n) is 6.77. The average Bonchev–Trinajstić information content (AvgIpc) is 3.23. The second-order valence-corrected chi connectivity index (χ2v) is 6.77. The van der Waals surface area contributed by atoms with Gasteiger partial charge in [-0.2, -0.15) is 0 Å². The first kappa shape index (κ1) is 14.8. The van der Waals surface area contributed by atoms with E-state index in [-0.39, 0.29) is 17.9 Å². The highest BCUT2D eigenvalue weighted by Gasteiger charge is 2.48. The molecule has 3 amide bonds. The number of nitrogens with zero attached hydrogens (tertiary/aromatic N) is 1. The quantitative estimate of drug-likeness (QED) is 0.560. The van der Waals surface area contributed by atoms with E-state index in [0.29, 0.717) is 0 Å². The van der Waals surface area contributed by atoms with Crippen molar-refractivity contribution in [1.29, 1.82) is 0 Å². The number of piperidine rings is 1. The Hall–Kier alpha value is -1.14. The lowest BCUT2D eigenvalue weighted by atomic mass is 9.80. The zero-order valence-electron chi connectivity index (χ0n) is 12.7. The molecule has 0 bridgehead atoms. The maximum Gasteiger partial charge on any atom is 0.322 e. The minimum absolute atomic E-state index is 0.168. The number of rotatable bonds is 6. The van der Waals surface area contributed by atoms with Crippen molar-refractivity contribution < 1.29 is 14.3 Å². The standard InChI is InChI=1S/C15H25N3O3/c1-15(13(19)16-14(20)17-15)12-3-2-6-18(9-12)7-8-21-10-11-4-5-11/h11-12H,2-10H2,1H3,(H2,16,17,19,20)/t12-,15+/m0/s1. The summed E-state index contributed by atoms with van der Waals surface area (Å²) in [7, 11) is 0. The summed E-state index contributed by atoms with van der Waals surface area (Å²) in [5.41, 5.74) is -0.759. The number of hydrogen-bond acceptors (Lipinski definition) is 4. The molecule has 1 saturated carbocycles. The first-order valence-electron chi connectivity index (χ1n) is 8.01. The number of ether oxygens (including phenoxy) is 1. The van der Waals surface area contributed by atoms with Gasteiger partial charge in [-0.1, -0.05) is 0 Å². The summed E-state index contributed by atoms with van der Waals surface area (Å²) in [6.07, 6.45) is 4.67. The molecule has 0 aromatic carbocycles. The monoisotopic (exact) mass is 295 g/mol. The number of hydrogen-bond donors (Lipinski definition) is 2. The highest BCUT2D eigenvalue weighted by Crippen LogP contribution is 2.30. The molecule has 2 atom stereocenters. The number of nitrogens with one attached hydrogen (secondary N) is 2. The fourth-order valence-corrected chi connectivity index (χ4v) is 3.30. The highest BCUT2D eigenvalue weighted by molar-refractivity contribution is 6.06. The van der Waals surface area contributed by atoms with Crippen LogP contribution in [0.2, 0.25) is 0 Å². The van der Waals surface area contributed by atoms with E-state index in [9.17, 15) is 9.59 Å². The molecule has 2 aliphatic heterocycles. The van der Waals surface area contributed by atoms with E-state index in [1.54, 1.807) is 0 Å². The Kier molecular flexibility index (Phi) is 4.17. The van der Waals surface area contributed by atoms with Crippen molar-refractivity contribution in [2.45, 2.75) is 38.1 Å². The van der Waals surface area contributed by atoms with Crippen LogP contribution in [0.4, 0.5) is 4.79 Å². The second kappa shape index (κ2) is 5.93. The molecule has 3 aliphatic rings. The molecule has 6 heteroatoms. The lowest BCUT2D eigenvalue weighted by Crippen LogP contribution is -2.56. The third kappa shape index (κ3) is 3.37. The molecule has 2 heterocycles. The summed E-state index contributed by atoms with van der Waals surface area (Å²) < 4.78 is 5.69. The van der Waals surface area contributed by atoms with Gasteiger partial charge in [0.15, 0.2) is 0 Å². The summed E-state index contributed by atoms with van der Waals surface area (Å²) in [6.45, 7) is 6.30. The van der Waals surface area contributed by atoms with Crippen LogP contribution in [0.3, 0.4) is 0 Å². The first-order chi connectivity index (χ1) is 10.1. The van der Waals surface area contributed by atoms with Crippen molar-refractivity contribution in [3.63, 3.8) is 0 Å². The lowest BCUT2D eigenvalue weighted by Gasteiger charge is -2.39. The van der Waals surface area contributed by atoms with Gasteiger partial charge in [0.05, 0.1) is 6.61 Å². The SMILES string of the molecule is C[C@]1([C@H]2CCCN(CCOCC3CC3)C2)NC(=O)NC1=O. The van der Waals surface area contributed by atoms with E-state index in [1.165, 1.54) is 12.8 Å². The van der Waals surface area contributed by atoms with E-state index in [1.807, 2.05) is 6.92 Å². The van der Waals surface area contributed by atoms with Gasteiger partial charge >= 0.3 is 6.03 Å². The van der Waals surface area contributed by atoms with Crippen molar-refractivity contribution in [3.05, 3.63) is 0 Å².